The van der Waals surface area contributed by atoms with Crippen LogP contribution in [0.15, 0.2) is 0 Å². The minimum atomic E-state index is 0. The maximum absolute atomic E-state index is 3.46. The van der Waals surface area contributed by atoms with Crippen LogP contribution in [0.1, 0.15) is 72.1 Å². The van der Waals surface area contributed by atoms with Gasteiger partial charge in [-0.15, -0.1) is 24.8 Å². The molecule has 0 spiro atoms. The Morgan fingerprint density at radius 1 is 0.750 bits per heavy atom. The average Bonchev–Trinajstić information content (AvgIpc) is 2.15. The lowest BCUT2D eigenvalue weighted by molar-refractivity contribution is 0.528. The fraction of sp³-hybridized carbons (Fsp3) is 1.00. The van der Waals surface area contributed by atoms with E-state index < -0.39 is 0 Å². The second kappa shape index (κ2) is 17.9. The van der Waals surface area contributed by atoms with Crippen molar-refractivity contribution in [2.75, 3.05) is 6.54 Å². The van der Waals surface area contributed by atoms with Crippen LogP contribution in [0.4, 0.5) is 0 Å². The van der Waals surface area contributed by atoms with Gasteiger partial charge in [0.2, 0.25) is 0 Å². The predicted octanol–water partition coefficient (Wildman–Crippen LogP) is 4.97. The molecule has 0 saturated carbocycles. The van der Waals surface area contributed by atoms with Gasteiger partial charge in [-0.25, -0.2) is 0 Å². The molecule has 16 heavy (non-hydrogen) atoms. The maximum atomic E-state index is 3.46. The topological polar surface area (TPSA) is 12.0 Å². The third-order valence-electron chi connectivity index (χ3n) is 2.58. The summed E-state index contributed by atoms with van der Waals surface area (Å²) in [6.45, 7) is 7.90. The maximum Gasteiger partial charge on any atom is 0.00103 e. The second-order valence-electron chi connectivity index (χ2n) is 4.58. The SMILES string of the molecule is CCCCCCCCCCNC(C)C.Cl.Cl. The highest BCUT2D eigenvalue weighted by atomic mass is 35.5. The highest BCUT2D eigenvalue weighted by molar-refractivity contribution is 5.85. The van der Waals surface area contributed by atoms with Gasteiger partial charge in [0, 0.05) is 6.04 Å². The summed E-state index contributed by atoms with van der Waals surface area (Å²) in [5.41, 5.74) is 0. The summed E-state index contributed by atoms with van der Waals surface area (Å²) in [5.74, 6) is 0. The predicted molar refractivity (Wildman–Crippen MR) is 80.2 cm³/mol. The molecule has 0 fully saturated rings. The molecule has 0 aliphatic carbocycles. The van der Waals surface area contributed by atoms with Crippen LogP contribution in [0, 0.1) is 0 Å². The molecule has 0 aliphatic rings. The molecule has 3 heteroatoms. The minimum absolute atomic E-state index is 0. The van der Waals surface area contributed by atoms with Crippen LogP contribution in [-0.2, 0) is 0 Å². The van der Waals surface area contributed by atoms with Crippen molar-refractivity contribution >= 4 is 24.8 Å². The van der Waals surface area contributed by atoms with Crippen LogP contribution in [0.5, 0.6) is 0 Å². The number of hydrogen-bond donors (Lipinski definition) is 1. The van der Waals surface area contributed by atoms with Crippen molar-refractivity contribution in [2.24, 2.45) is 0 Å². The van der Waals surface area contributed by atoms with Crippen molar-refractivity contribution in [1.29, 1.82) is 0 Å². The van der Waals surface area contributed by atoms with E-state index in [4.69, 9.17) is 0 Å². The molecule has 0 unspecified atom stereocenters. The molecule has 0 aromatic carbocycles. The number of halogens is 2. The molecule has 1 N–H and O–H groups in total. The van der Waals surface area contributed by atoms with E-state index in [1.807, 2.05) is 0 Å². The van der Waals surface area contributed by atoms with Crippen LogP contribution in [0.2, 0.25) is 0 Å². The summed E-state index contributed by atoms with van der Waals surface area (Å²) in [4.78, 5) is 0. The van der Waals surface area contributed by atoms with E-state index in [-0.39, 0.29) is 24.8 Å². The van der Waals surface area contributed by atoms with Crippen LogP contribution >= 0.6 is 24.8 Å². The Morgan fingerprint density at radius 2 is 1.19 bits per heavy atom. The molecule has 0 aromatic rings. The third kappa shape index (κ3) is 20.0. The lowest BCUT2D eigenvalue weighted by Gasteiger charge is -2.07. The second-order valence-corrected chi connectivity index (χ2v) is 4.58. The number of unbranched alkanes of at least 4 members (excludes halogenated alkanes) is 7. The van der Waals surface area contributed by atoms with Gasteiger partial charge >= 0.3 is 0 Å². The van der Waals surface area contributed by atoms with E-state index in [1.165, 1.54) is 57.9 Å². The van der Waals surface area contributed by atoms with E-state index in [9.17, 15) is 0 Å². The van der Waals surface area contributed by atoms with Crippen molar-refractivity contribution in [1.82, 2.24) is 5.32 Å². The Labute approximate surface area is 115 Å². The Balaban J connectivity index is -0.000000845. The lowest BCUT2D eigenvalue weighted by Crippen LogP contribution is -2.23. The monoisotopic (exact) mass is 271 g/mol. The summed E-state index contributed by atoms with van der Waals surface area (Å²) in [6, 6.07) is 0.652. The van der Waals surface area contributed by atoms with Crippen LogP contribution < -0.4 is 5.32 Å². The summed E-state index contributed by atoms with van der Waals surface area (Å²) >= 11 is 0. The van der Waals surface area contributed by atoms with Crippen LogP contribution in [-0.4, -0.2) is 12.6 Å². The first-order chi connectivity index (χ1) is 6.77. The van der Waals surface area contributed by atoms with Gasteiger partial charge in [0.25, 0.3) is 0 Å². The molecule has 0 saturated heterocycles. The quantitative estimate of drug-likeness (QED) is 0.554. The van der Waals surface area contributed by atoms with Gasteiger partial charge in [0.05, 0.1) is 0 Å². The first kappa shape index (κ1) is 21.8. The molecular formula is C13H31Cl2N. The zero-order valence-electron chi connectivity index (χ0n) is 11.3. The van der Waals surface area contributed by atoms with Gasteiger partial charge in [0.1, 0.15) is 0 Å². The van der Waals surface area contributed by atoms with E-state index in [1.54, 1.807) is 0 Å². The Hall–Kier alpha value is 0.540. The van der Waals surface area contributed by atoms with E-state index in [0.717, 1.165) is 0 Å². The van der Waals surface area contributed by atoms with Gasteiger partial charge in [-0.2, -0.15) is 0 Å². The molecule has 1 nitrogen and oxygen atoms in total. The smallest absolute Gasteiger partial charge is 0.00103 e. The normalized spacial score (nSPS) is 9.75. The van der Waals surface area contributed by atoms with Crippen molar-refractivity contribution in [3.63, 3.8) is 0 Å². The zero-order valence-corrected chi connectivity index (χ0v) is 12.9. The van der Waals surface area contributed by atoms with Gasteiger partial charge < -0.3 is 5.32 Å². The molecule has 0 rings (SSSR count). The first-order valence-electron chi connectivity index (χ1n) is 6.50. The Kier molecular flexibility index (Phi) is 24.4. The molecule has 0 radical (unpaired) electrons. The molecular weight excluding hydrogens is 241 g/mol. The Bertz CT molecular complexity index is 108. The third-order valence-corrected chi connectivity index (χ3v) is 2.58. The number of hydrogen-bond acceptors (Lipinski definition) is 1. The summed E-state index contributed by atoms with van der Waals surface area (Å²) in [7, 11) is 0. The summed E-state index contributed by atoms with van der Waals surface area (Å²) < 4.78 is 0. The van der Waals surface area contributed by atoms with Gasteiger partial charge in [0.15, 0.2) is 0 Å². The molecule has 0 aliphatic heterocycles. The van der Waals surface area contributed by atoms with Crippen molar-refractivity contribution in [3.8, 4) is 0 Å². The highest BCUT2D eigenvalue weighted by Crippen LogP contribution is 2.07. The van der Waals surface area contributed by atoms with E-state index in [2.05, 4.69) is 26.1 Å². The van der Waals surface area contributed by atoms with Crippen molar-refractivity contribution in [2.45, 2.75) is 78.2 Å². The van der Waals surface area contributed by atoms with Gasteiger partial charge in [-0.05, 0) is 13.0 Å². The molecule has 0 atom stereocenters. The van der Waals surface area contributed by atoms with Crippen molar-refractivity contribution < 1.29 is 0 Å². The molecule has 0 amide bonds. The van der Waals surface area contributed by atoms with E-state index >= 15 is 0 Å². The first-order valence-corrected chi connectivity index (χ1v) is 6.50. The molecule has 0 bridgehead atoms. The Morgan fingerprint density at radius 3 is 1.62 bits per heavy atom. The van der Waals surface area contributed by atoms with Crippen LogP contribution in [0.3, 0.4) is 0 Å². The fourth-order valence-electron chi connectivity index (χ4n) is 1.65. The van der Waals surface area contributed by atoms with Crippen LogP contribution in [0.25, 0.3) is 0 Å². The summed E-state index contributed by atoms with van der Waals surface area (Å²) in [5, 5.41) is 3.46. The standard InChI is InChI=1S/C13H29N.2ClH/c1-4-5-6-7-8-9-10-11-12-14-13(2)3;;/h13-14H,4-12H2,1-3H3;2*1H. The number of rotatable bonds is 10. The van der Waals surface area contributed by atoms with Crippen molar-refractivity contribution in [3.05, 3.63) is 0 Å². The van der Waals surface area contributed by atoms with E-state index in [0.29, 0.717) is 6.04 Å². The zero-order chi connectivity index (χ0) is 10.6. The molecule has 0 aromatic heterocycles. The van der Waals surface area contributed by atoms with Gasteiger partial charge in [-0.1, -0.05) is 65.7 Å². The summed E-state index contributed by atoms with van der Waals surface area (Å²) in [6.07, 6.45) is 11.3. The molecule has 0 heterocycles. The average molecular weight is 272 g/mol. The van der Waals surface area contributed by atoms with Gasteiger partial charge in [-0.3, -0.25) is 0 Å². The minimum Gasteiger partial charge on any atom is -0.315 e. The largest absolute Gasteiger partial charge is 0.315 e. The fourth-order valence-corrected chi connectivity index (χ4v) is 1.65. The lowest BCUT2D eigenvalue weighted by atomic mass is 10.1. The molecule has 102 valence electrons. The number of nitrogens with one attached hydrogen (secondary N) is 1. The highest BCUT2D eigenvalue weighted by Gasteiger charge is 1.93.